The van der Waals surface area contributed by atoms with Gasteiger partial charge in [-0.2, -0.15) is 0 Å². The Balaban J connectivity index is 2.66. The molecule has 0 atom stereocenters. The average Bonchev–Trinajstić information content (AvgIpc) is 2.15. The molecule has 1 N–H and O–H groups in total. The van der Waals surface area contributed by atoms with Gasteiger partial charge in [-0.25, -0.2) is 9.78 Å². The van der Waals surface area contributed by atoms with E-state index in [1.165, 1.54) is 6.07 Å². The topological polar surface area (TPSA) is 80.6 Å². The maximum absolute atomic E-state index is 11.3. The lowest BCUT2D eigenvalue weighted by Crippen LogP contribution is -2.27. The number of amides is 1. The van der Waals surface area contributed by atoms with Crippen LogP contribution in [0.4, 0.5) is 16.4 Å². The van der Waals surface area contributed by atoms with Crippen LogP contribution in [0.15, 0.2) is 23.4 Å². The highest BCUT2D eigenvalue weighted by molar-refractivity contribution is 5.83. The number of pyridine rings is 1. The summed E-state index contributed by atoms with van der Waals surface area (Å²) in [5.41, 5.74) is -0.579. The SMILES string of the molecule is CC(C)(C)OC(=O)Nc1cccc(N=O)n1. The Kier molecular flexibility index (Phi) is 3.55. The molecule has 0 aliphatic rings. The molecule has 1 rings (SSSR count). The Morgan fingerprint density at radius 3 is 2.69 bits per heavy atom. The fourth-order valence-electron chi connectivity index (χ4n) is 0.952. The van der Waals surface area contributed by atoms with Crippen molar-refractivity contribution in [1.82, 2.24) is 4.98 Å². The van der Waals surface area contributed by atoms with Crippen molar-refractivity contribution in [1.29, 1.82) is 0 Å². The van der Waals surface area contributed by atoms with E-state index >= 15 is 0 Å². The van der Waals surface area contributed by atoms with Crippen LogP contribution in [0, 0.1) is 4.91 Å². The highest BCUT2D eigenvalue weighted by Crippen LogP contribution is 2.13. The summed E-state index contributed by atoms with van der Waals surface area (Å²) in [4.78, 5) is 25.3. The molecule has 0 saturated heterocycles. The fourth-order valence-corrected chi connectivity index (χ4v) is 0.952. The number of carbonyl (C=O) groups is 1. The lowest BCUT2D eigenvalue weighted by atomic mass is 10.2. The Morgan fingerprint density at radius 1 is 1.44 bits per heavy atom. The minimum atomic E-state index is -0.622. The van der Waals surface area contributed by atoms with Gasteiger partial charge in [0, 0.05) is 0 Å². The zero-order valence-electron chi connectivity index (χ0n) is 9.35. The molecule has 0 aliphatic heterocycles. The lowest BCUT2D eigenvalue weighted by Gasteiger charge is -2.19. The van der Waals surface area contributed by atoms with Gasteiger partial charge in [0.05, 0.1) is 0 Å². The first-order valence-corrected chi connectivity index (χ1v) is 4.71. The number of aromatic nitrogens is 1. The van der Waals surface area contributed by atoms with Gasteiger partial charge in [-0.15, -0.1) is 4.91 Å². The van der Waals surface area contributed by atoms with E-state index in [0.717, 1.165) is 0 Å². The largest absolute Gasteiger partial charge is 0.444 e. The number of rotatable bonds is 2. The minimum Gasteiger partial charge on any atom is -0.444 e. The molecule has 0 aromatic carbocycles. The molecule has 1 amide bonds. The van der Waals surface area contributed by atoms with Gasteiger partial charge in [0.15, 0.2) is 5.82 Å². The minimum absolute atomic E-state index is 0.00792. The van der Waals surface area contributed by atoms with Crippen molar-refractivity contribution in [3.05, 3.63) is 23.1 Å². The number of hydrogen-bond donors (Lipinski definition) is 1. The van der Waals surface area contributed by atoms with Crippen LogP contribution in [0.2, 0.25) is 0 Å². The van der Waals surface area contributed by atoms with Gasteiger partial charge in [-0.3, -0.25) is 5.32 Å². The molecule has 0 spiro atoms. The molecule has 86 valence electrons. The van der Waals surface area contributed by atoms with Crippen LogP contribution in [0.1, 0.15) is 20.8 Å². The van der Waals surface area contributed by atoms with Gasteiger partial charge in [0.1, 0.15) is 11.4 Å². The van der Waals surface area contributed by atoms with Gasteiger partial charge >= 0.3 is 6.09 Å². The predicted octanol–water partition coefficient (Wildman–Crippen LogP) is 2.83. The number of nitrogens with zero attached hydrogens (tertiary/aromatic N) is 2. The maximum Gasteiger partial charge on any atom is 0.413 e. The van der Waals surface area contributed by atoms with Crippen molar-refractivity contribution < 1.29 is 9.53 Å². The number of ether oxygens (including phenoxy) is 1. The van der Waals surface area contributed by atoms with Gasteiger partial charge in [-0.05, 0) is 38.1 Å². The van der Waals surface area contributed by atoms with Crippen LogP contribution in [0.25, 0.3) is 0 Å². The molecule has 1 aromatic heterocycles. The molecule has 0 aliphatic carbocycles. The van der Waals surface area contributed by atoms with Crippen molar-refractivity contribution in [2.75, 3.05) is 5.32 Å². The Bertz CT molecular complexity index is 399. The van der Waals surface area contributed by atoms with Crippen molar-refractivity contribution in [2.24, 2.45) is 5.18 Å². The van der Waals surface area contributed by atoms with E-state index < -0.39 is 11.7 Å². The van der Waals surface area contributed by atoms with E-state index in [1.807, 2.05) is 0 Å². The molecule has 0 unspecified atom stereocenters. The lowest BCUT2D eigenvalue weighted by molar-refractivity contribution is 0.0635. The molecule has 1 heterocycles. The van der Waals surface area contributed by atoms with Crippen LogP contribution >= 0.6 is 0 Å². The zero-order valence-corrected chi connectivity index (χ0v) is 9.35. The Morgan fingerprint density at radius 2 is 2.12 bits per heavy atom. The van der Waals surface area contributed by atoms with Crippen molar-refractivity contribution in [2.45, 2.75) is 26.4 Å². The van der Waals surface area contributed by atoms with E-state index in [4.69, 9.17) is 4.74 Å². The van der Waals surface area contributed by atoms with E-state index in [0.29, 0.717) is 0 Å². The third kappa shape index (κ3) is 4.04. The monoisotopic (exact) mass is 223 g/mol. The maximum atomic E-state index is 11.3. The second-order valence-electron chi connectivity index (χ2n) is 4.10. The molecule has 0 saturated carbocycles. The molecule has 6 heteroatoms. The first-order valence-electron chi connectivity index (χ1n) is 4.71. The number of nitroso groups, excluding NO2 is 1. The zero-order chi connectivity index (χ0) is 12.2. The smallest absolute Gasteiger partial charge is 0.413 e. The summed E-state index contributed by atoms with van der Waals surface area (Å²) in [6.45, 7) is 5.26. The number of hydrogen-bond acceptors (Lipinski definition) is 5. The van der Waals surface area contributed by atoms with E-state index in [2.05, 4.69) is 15.5 Å². The summed E-state index contributed by atoms with van der Waals surface area (Å²) in [6, 6.07) is 4.54. The molecular formula is C10H13N3O3. The molecule has 0 fully saturated rings. The van der Waals surface area contributed by atoms with Crippen molar-refractivity contribution in [3.8, 4) is 0 Å². The molecule has 6 nitrogen and oxygen atoms in total. The van der Waals surface area contributed by atoms with Gasteiger partial charge in [0.2, 0.25) is 0 Å². The number of anilines is 1. The van der Waals surface area contributed by atoms with Crippen LogP contribution in [-0.2, 0) is 4.74 Å². The third-order valence-corrected chi connectivity index (χ3v) is 1.46. The summed E-state index contributed by atoms with van der Waals surface area (Å²) >= 11 is 0. The standard InChI is InChI=1S/C10H13N3O3/c1-10(2,3)16-9(14)12-7-5-4-6-8(11-7)13-15/h4-6H,1-3H3,(H,11,12,14). The van der Waals surface area contributed by atoms with E-state index in [9.17, 15) is 9.70 Å². The van der Waals surface area contributed by atoms with Crippen molar-refractivity contribution >= 4 is 17.7 Å². The summed E-state index contributed by atoms with van der Waals surface area (Å²) in [5, 5.41) is 5.06. The summed E-state index contributed by atoms with van der Waals surface area (Å²) in [7, 11) is 0. The number of carbonyl (C=O) groups excluding carboxylic acids is 1. The molecule has 16 heavy (non-hydrogen) atoms. The highest BCUT2D eigenvalue weighted by atomic mass is 16.6. The van der Waals surface area contributed by atoms with Gasteiger partial charge < -0.3 is 4.74 Å². The summed E-state index contributed by atoms with van der Waals surface area (Å²) in [5.74, 6) is 0.236. The summed E-state index contributed by atoms with van der Waals surface area (Å²) in [6.07, 6.45) is -0.622. The predicted molar refractivity (Wildman–Crippen MR) is 59.5 cm³/mol. The van der Waals surface area contributed by atoms with Gasteiger partial charge in [0.25, 0.3) is 0 Å². The quantitative estimate of drug-likeness (QED) is 0.781. The molecule has 0 radical (unpaired) electrons. The second-order valence-corrected chi connectivity index (χ2v) is 4.10. The fraction of sp³-hybridized carbons (Fsp3) is 0.400. The molecule has 1 aromatic rings. The van der Waals surface area contributed by atoms with Crippen LogP contribution < -0.4 is 5.32 Å². The van der Waals surface area contributed by atoms with Crippen LogP contribution in [0.3, 0.4) is 0 Å². The number of nitrogens with one attached hydrogen (secondary N) is 1. The van der Waals surface area contributed by atoms with Gasteiger partial charge in [-0.1, -0.05) is 6.07 Å². The van der Waals surface area contributed by atoms with Crippen LogP contribution in [0.5, 0.6) is 0 Å². The Hall–Kier alpha value is -1.98. The second kappa shape index (κ2) is 4.69. The third-order valence-electron chi connectivity index (χ3n) is 1.46. The average molecular weight is 223 g/mol. The molecular weight excluding hydrogens is 210 g/mol. The highest BCUT2D eigenvalue weighted by Gasteiger charge is 2.16. The molecule has 0 bridgehead atoms. The first-order chi connectivity index (χ1) is 7.40. The normalized spacial score (nSPS) is 10.7. The van der Waals surface area contributed by atoms with E-state index in [1.54, 1.807) is 32.9 Å². The van der Waals surface area contributed by atoms with Crippen molar-refractivity contribution in [3.63, 3.8) is 0 Å². The Labute approximate surface area is 93.0 Å². The summed E-state index contributed by atoms with van der Waals surface area (Å²) < 4.78 is 5.02. The first kappa shape index (κ1) is 12.1. The van der Waals surface area contributed by atoms with E-state index in [-0.39, 0.29) is 11.6 Å². The van der Waals surface area contributed by atoms with Crippen LogP contribution in [-0.4, -0.2) is 16.7 Å².